The molecule has 0 amide bonds. The van der Waals surface area contributed by atoms with Crippen molar-refractivity contribution in [3.8, 4) is 0 Å². The number of imidazole rings is 1. The van der Waals surface area contributed by atoms with Crippen LogP contribution in [0, 0.1) is 0 Å². The number of hydrogen-bond donors (Lipinski definition) is 1. The molecule has 8 heteroatoms. The monoisotopic (exact) mass is 375 g/mol. The molecule has 3 aromatic rings. The van der Waals surface area contributed by atoms with Gasteiger partial charge in [0.25, 0.3) is 0 Å². The van der Waals surface area contributed by atoms with Crippen LogP contribution in [0.5, 0.6) is 0 Å². The predicted octanol–water partition coefficient (Wildman–Crippen LogP) is 4.51. The fourth-order valence-electron chi connectivity index (χ4n) is 2.12. The third kappa shape index (κ3) is 2.77. The molecule has 21 heavy (non-hydrogen) atoms. The van der Waals surface area contributed by atoms with Crippen molar-refractivity contribution in [1.82, 2.24) is 9.55 Å². The summed E-state index contributed by atoms with van der Waals surface area (Å²) in [5.41, 5.74) is 6.67. The first-order chi connectivity index (χ1) is 9.84. The summed E-state index contributed by atoms with van der Waals surface area (Å²) in [4.78, 5) is 4.51. The van der Waals surface area contributed by atoms with Gasteiger partial charge in [0, 0.05) is 20.4 Å². The number of nitrogens with zero attached hydrogens (tertiary/aromatic N) is 2. The largest absolute Gasteiger partial charge is 0.449 e. The highest BCUT2D eigenvalue weighted by Gasteiger charge is 2.37. The van der Waals surface area contributed by atoms with Crippen LogP contribution in [-0.4, -0.2) is 9.55 Å². The lowest BCUT2D eigenvalue weighted by Crippen LogP contribution is -2.15. The summed E-state index contributed by atoms with van der Waals surface area (Å²) in [6.07, 6.45) is -4.51. The second kappa shape index (κ2) is 5.03. The highest BCUT2D eigenvalue weighted by atomic mass is 79.9. The number of nitrogen functional groups attached to an aromatic ring is 1. The Labute approximate surface area is 130 Å². The van der Waals surface area contributed by atoms with Gasteiger partial charge in [-0.3, -0.25) is 0 Å². The Morgan fingerprint density at radius 2 is 2.05 bits per heavy atom. The molecule has 0 fully saturated rings. The Morgan fingerprint density at radius 1 is 1.29 bits per heavy atom. The van der Waals surface area contributed by atoms with E-state index in [0.717, 1.165) is 9.35 Å². The highest BCUT2D eigenvalue weighted by molar-refractivity contribution is 9.10. The zero-order valence-electron chi connectivity index (χ0n) is 10.5. The molecular formula is C13H9BrF3N3S. The summed E-state index contributed by atoms with van der Waals surface area (Å²) in [7, 11) is 0. The number of hydrogen-bond acceptors (Lipinski definition) is 3. The number of fused-ring (bicyclic) bond motifs is 1. The van der Waals surface area contributed by atoms with Gasteiger partial charge in [0.1, 0.15) is 0 Å². The molecule has 2 N–H and O–H groups in total. The second-order valence-corrected chi connectivity index (χ2v) is 6.41. The van der Waals surface area contributed by atoms with Crippen LogP contribution >= 0.6 is 27.3 Å². The van der Waals surface area contributed by atoms with Crippen molar-refractivity contribution in [3.05, 3.63) is 44.8 Å². The van der Waals surface area contributed by atoms with Gasteiger partial charge >= 0.3 is 6.18 Å². The zero-order chi connectivity index (χ0) is 15.2. The van der Waals surface area contributed by atoms with Gasteiger partial charge in [0.2, 0.25) is 5.82 Å². The van der Waals surface area contributed by atoms with E-state index >= 15 is 0 Å². The summed E-state index contributed by atoms with van der Waals surface area (Å²) < 4.78 is 41.5. The van der Waals surface area contributed by atoms with Crippen molar-refractivity contribution < 1.29 is 13.2 Å². The minimum absolute atomic E-state index is 0.117. The molecule has 0 saturated heterocycles. The van der Waals surface area contributed by atoms with Gasteiger partial charge in [0.15, 0.2) is 0 Å². The molecule has 0 unspecified atom stereocenters. The first kappa shape index (κ1) is 14.4. The smallest absolute Gasteiger partial charge is 0.399 e. The van der Waals surface area contributed by atoms with Crippen LogP contribution in [0.3, 0.4) is 0 Å². The Balaban J connectivity index is 2.17. The maximum atomic E-state index is 13.2. The minimum Gasteiger partial charge on any atom is -0.399 e. The average Bonchev–Trinajstić information content (AvgIpc) is 2.93. The van der Waals surface area contributed by atoms with E-state index in [0.29, 0.717) is 11.2 Å². The molecule has 0 spiro atoms. The van der Waals surface area contributed by atoms with E-state index in [1.54, 1.807) is 18.2 Å². The predicted molar refractivity (Wildman–Crippen MR) is 80.3 cm³/mol. The van der Waals surface area contributed by atoms with Crippen LogP contribution in [0.4, 0.5) is 18.9 Å². The molecule has 0 aliphatic carbocycles. The SMILES string of the molecule is Nc1ccc2c(c1)nc(C(F)(F)F)n2Cc1cc(Br)cs1. The minimum atomic E-state index is -4.51. The van der Waals surface area contributed by atoms with Crippen LogP contribution in [0.2, 0.25) is 0 Å². The molecule has 3 rings (SSSR count). The summed E-state index contributed by atoms with van der Waals surface area (Å²) in [5.74, 6) is -0.910. The van der Waals surface area contributed by atoms with Gasteiger partial charge in [-0.1, -0.05) is 0 Å². The number of alkyl halides is 3. The van der Waals surface area contributed by atoms with E-state index in [2.05, 4.69) is 20.9 Å². The van der Waals surface area contributed by atoms with Crippen LogP contribution in [-0.2, 0) is 12.7 Å². The maximum Gasteiger partial charge on any atom is 0.449 e. The zero-order valence-corrected chi connectivity index (χ0v) is 12.9. The molecule has 0 radical (unpaired) electrons. The number of nitrogens with two attached hydrogens (primary N) is 1. The molecule has 2 heterocycles. The fraction of sp³-hybridized carbons (Fsp3) is 0.154. The van der Waals surface area contributed by atoms with E-state index in [9.17, 15) is 13.2 Å². The maximum absolute atomic E-state index is 13.2. The van der Waals surface area contributed by atoms with Crippen molar-refractivity contribution >= 4 is 44.0 Å². The third-order valence-electron chi connectivity index (χ3n) is 2.96. The molecule has 0 aliphatic rings. The summed E-state index contributed by atoms with van der Waals surface area (Å²) in [6, 6.07) is 6.39. The summed E-state index contributed by atoms with van der Waals surface area (Å²) >= 11 is 4.69. The number of anilines is 1. The van der Waals surface area contributed by atoms with E-state index in [-0.39, 0.29) is 12.1 Å². The Hall–Kier alpha value is -1.54. The van der Waals surface area contributed by atoms with E-state index < -0.39 is 12.0 Å². The Kier molecular flexibility index (Phi) is 3.45. The first-order valence-corrected chi connectivity index (χ1v) is 7.58. The second-order valence-electron chi connectivity index (χ2n) is 4.50. The topological polar surface area (TPSA) is 43.8 Å². The first-order valence-electron chi connectivity index (χ1n) is 5.90. The lowest BCUT2D eigenvalue weighted by atomic mass is 10.3. The van der Waals surface area contributed by atoms with Gasteiger partial charge in [-0.2, -0.15) is 13.2 Å². The number of aromatic nitrogens is 2. The number of thiophene rings is 1. The lowest BCUT2D eigenvalue weighted by Gasteiger charge is -2.10. The number of benzene rings is 1. The van der Waals surface area contributed by atoms with E-state index in [1.165, 1.54) is 22.0 Å². The molecule has 0 aliphatic heterocycles. The van der Waals surface area contributed by atoms with Crippen LogP contribution < -0.4 is 5.73 Å². The molecule has 110 valence electrons. The normalized spacial score (nSPS) is 12.2. The molecule has 2 aromatic heterocycles. The molecule has 0 atom stereocenters. The number of rotatable bonds is 2. The van der Waals surface area contributed by atoms with Crippen molar-refractivity contribution in [2.45, 2.75) is 12.7 Å². The molecular weight excluding hydrogens is 367 g/mol. The van der Waals surface area contributed by atoms with Crippen LogP contribution in [0.15, 0.2) is 34.1 Å². The summed E-state index contributed by atoms with van der Waals surface area (Å²) in [5, 5.41) is 1.83. The quantitative estimate of drug-likeness (QED) is 0.669. The standard InChI is InChI=1S/C13H9BrF3N3S/c14-7-3-9(21-6-7)5-20-11-2-1-8(18)4-10(11)19-12(20)13(15,16)17/h1-4,6H,5,18H2. The van der Waals surface area contributed by atoms with Gasteiger partial charge in [-0.25, -0.2) is 4.98 Å². The highest BCUT2D eigenvalue weighted by Crippen LogP contribution is 2.33. The Morgan fingerprint density at radius 3 is 2.67 bits per heavy atom. The van der Waals surface area contributed by atoms with Crippen molar-refractivity contribution in [1.29, 1.82) is 0 Å². The Bertz CT molecular complexity index is 807. The van der Waals surface area contributed by atoms with Crippen molar-refractivity contribution in [3.63, 3.8) is 0 Å². The van der Waals surface area contributed by atoms with Crippen LogP contribution in [0.1, 0.15) is 10.7 Å². The van der Waals surface area contributed by atoms with Gasteiger partial charge in [0.05, 0.1) is 17.6 Å². The van der Waals surface area contributed by atoms with E-state index in [1.807, 2.05) is 5.38 Å². The molecule has 3 nitrogen and oxygen atoms in total. The summed E-state index contributed by atoms with van der Waals surface area (Å²) in [6.45, 7) is 0.117. The van der Waals surface area contributed by atoms with Crippen molar-refractivity contribution in [2.75, 3.05) is 5.73 Å². The fourth-order valence-corrected chi connectivity index (χ4v) is 3.55. The van der Waals surface area contributed by atoms with Gasteiger partial charge in [-0.05, 0) is 40.2 Å². The molecule has 0 saturated carbocycles. The van der Waals surface area contributed by atoms with Gasteiger partial charge < -0.3 is 10.3 Å². The van der Waals surface area contributed by atoms with Gasteiger partial charge in [-0.15, -0.1) is 11.3 Å². The van der Waals surface area contributed by atoms with E-state index in [4.69, 9.17) is 5.73 Å². The number of halogens is 4. The van der Waals surface area contributed by atoms with Crippen LogP contribution in [0.25, 0.3) is 11.0 Å². The van der Waals surface area contributed by atoms with Crippen molar-refractivity contribution in [2.24, 2.45) is 0 Å². The molecule has 1 aromatic carbocycles. The molecule has 0 bridgehead atoms. The third-order valence-corrected chi connectivity index (χ3v) is 4.64. The average molecular weight is 376 g/mol. The lowest BCUT2D eigenvalue weighted by molar-refractivity contribution is -0.146.